The maximum absolute atomic E-state index is 4.63. The highest BCUT2D eigenvalue weighted by molar-refractivity contribution is 5.80. The summed E-state index contributed by atoms with van der Waals surface area (Å²) < 4.78 is 3.88. The van der Waals surface area contributed by atoms with Crippen LogP contribution in [0.2, 0.25) is 0 Å². The van der Waals surface area contributed by atoms with E-state index in [-0.39, 0.29) is 0 Å². The molecule has 0 bridgehead atoms. The van der Waals surface area contributed by atoms with E-state index in [0.717, 1.165) is 22.4 Å². The van der Waals surface area contributed by atoms with Crippen molar-refractivity contribution in [3.8, 4) is 11.6 Å². The fourth-order valence-electron chi connectivity index (χ4n) is 2.18. The van der Waals surface area contributed by atoms with Gasteiger partial charge in [0.05, 0.1) is 5.52 Å². The molecule has 0 aromatic carbocycles. The summed E-state index contributed by atoms with van der Waals surface area (Å²) >= 11 is 0. The summed E-state index contributed by atoms with van der Waals surface area (Å²) in [5, 5.41) is 9.83. The molecule has 0 spiro atoms. The van der Waals surface area contributed by atoms with Crippen molar-refractivity contribution < 1.29 is 0 Å². The number of aryl methyl sites for hydroxylation is 3. The summed E-state index contributed by atoms with van der Waals surface area (Å²) in [7, 11) is 3.90. The monoisotopic (exact) mass is 257 g/mol. The largest absolute Gasteiger partial charge is 0.324 e. The van der Waals surface area contributed by atoms with Gasteiger partial charge in [0.25, 0.3) is 0 Å². The zero-order valence-corrected chi connectivity index (χ0v) is 11.0. The number of nitrogens with zero attached hydrogens (tertiary/aromatic N) is 5. The van der Waals surface area contributed by atoms with Crippen molar-refractivity contribution in [2.45, 2.75) is 6.92 Å². The number of hydrogen-bond acceptors (Lipinski definition) is 3. The zero-order valence-electron chi connectivity index (χ0n) is 11.0. The van der Waals surface area contributed by atoms with E-state index in [1.165, 1.54) is 6.33 Å². The minimum atomic E-state index is 0.662. The van der Waals surface area contributed by atoms with Crippen LogP contribution in [0.1, 0.15) is 5.56 Å². The molecule has 3 rings (SSSR count). The predicted molar refractivity (Wildman–Crippen MR) is 71.8 cm³/mol. The third kappa shape index (κ3) is 1.88. The van der Waals surface area contributed by atoms with Gasteiger partial charge >= 0.3 is 0 Å². The Kier molecular flexibility index (Phi) is 2.59. The van der Waals surface area contributed by atoms with Gasteiger partial charge in [0.15, 0.2) is 11.6 Å². The quantitative estimate of drug-likeness (QED) is 0.692. The molecule has 3 aromatic rings. The van der Waals surface area contributed by atoms with Crippen molar-refractivity contribution in [1.82, 2.24) is 34.5 Å². The molecule has 0 aliphatic carbocycles. The SMILES string of the molecule is Cc1cc[nH]n(C)cc2nc(-c3ncn[nH]3)n(C)c12. The second kappa shape index (κ2) is 4.27. The average molecular weight is 257 g/mol. The maximum atomic E-state index is 4.63. The van der Waals surface area contributed by atoms with E-state index in [1.54, 1.807) is 0 Å². The van der Waals surface area contributed by atoms with Gasteiger partial charge in [0.1, 0.15) is 11.8 Å². The van der Waals surface area contributed by atoms with E-state index < -0.39 is 0 Å². The van der Waals surface area contributed by atoms with Crippen LogP contribution in [-0.4, -0.2) is 34.5 Å². The molecule has 0 aliphatic heterocycles. The molecule has 19 heavy (non-hydrogen) atoms. The molecule has 3 heterocycles. The van der Waals surface area contributed by atoms with Crippen molar-refractivity contribution in [1.29, 1.82) is 0 Å². The number of imidazole rings is 1. The normalized spacial score (nSPS) is 10.9. The van der Waals surface area contributed by atoms with Crippen LogP contribution in [0.15, 0.2) is 24.8 Å². The van der Waals surface area contributed by atoms with Gasteiger partial charge in [-0.2, -0.15) is 5.10 Å². The molecule has 0 atom stereocenters. The van der Waals surface area contributed by atoms with Gasteiger partial charge in [-0.1, -0.05) is 0 Å². The Morgan fingerprint density at radius 2 is 2.11 bits per heavy atom. The molecule has 0 saturated carbocycles. The molecule has 7 nitrogen and oxygen atoms in total. The molecule has 0 saturated heterocycles. The lowest BCUT2D eigenvalue weighted by Gasteiger charge is -2.01. The molecular formula is C12H15N7. The molecule has 0 radical (unpaired) electrons. The average Bonchev–Trinajstić information content (AvgIpc) is 2.95. The Labute approximate surface area is 109 Å². The first-order valence-electron chi connectivity index (χ1n) is 5.93. The van der Waals surface area contributed by atoms with E-state index in [4.69, 9.17) is 0 Å². The Bertz CT molecular complexity index is 756. The van der Waals surface area contributed by atoms with Crippen LogP contribution in [0, 0.1) is 6.92 Å². The van der Waals surface area contributed by atoms with E-state index in [1.807, 2.05) is 41.8 Å². The fraction of sp³-hybridized carbons (Fsp3) is 0.250. The number of aromatic nitrogens is 7. The molecule has 98 valence electrons. The van der Waals surface area contributed by atoms with Crippen molar-refractivity contribution >= 4 is 11.0 Å². The lowest BCUT2D eigenvalue weighted by Crippen LogP contribution is -1.95. The van der Waals surface area contributed by atoms with Gasteiger partial charge in [0.2, 0.25) is 0 Å². The molecule has 7 heteroatoms. The Morgan fingerprint density at radius 3 is 2.84 bits per heavy atom. The molecule has 0 aliphatic rings. The summed E-state index contributed by atoms with van der Waals surface area (Å²) in [6.07, 6.45) is 5.33. The lowest BCUT2D eigenvalue weighted by atomic mass is 10.2. The highest BCUT2D eigenvalue weighted by Crippen LogP contribution is 2.21. The predicted octanol–water partition coefficient (Wildman–Crippen LogP) is 1.46. The minimum absolute atomic E-state index is 0.662. The van der Waals surface area contributed by atoms with Gasteiger partial charge in [-0.15, -0.1) is 0 Å². The standard InChI is InChI=1S/C12H15N7/c1-8-4-5-15-18(2)6-9-10(8)19(3)12(16-9)11-13-7-14-17-11/h4-7,15H,1-3H3,(H,13,14,17). The van der Waals surface area contributed by atoms with Crippen LogP contribution in [0.3, 0.4) is 0 Å². The Hall–Kier alpha value is -2.57. The van der Waals surface area contributed by atoms with E-state index in [0.29, 0.717) is 5.82 Å². The molecule has 2 N–H and O–H groups in total. The number of hydrogen-bond donors (Lipinski definition) is 2. The van der Waals surface area contributed by atoms with Crippen LogP contribution in [-0.2, 0) is 14.1 Å². The van der Waals surface area contributed by atoms with Gasteiger partial charge in [0, 0.05) is 26.5 Å². The second-order valence-corrected chi connectivity index (χ2v) is 4.45. The van der Waals surface area contributed by atoms with Gasteiger partial charge < -0.3 is 9.67 Å². The van der Waals surface area contributed by atoms with Gasteiger partial charge in [-0.25, -0.2) is 9.97 Å². The highest BCUT2D eigenvalue weighted by atomic mass is 15.2. The molecular weight excluding hydrogens is 242 g/mol. The minimum Gasteiger partial charge on any atom is -0.324 e. The summed E-state index contributed by atoms with van der Waals surface area (Å²) in [4.78, 5) is 8.79. The zero-order chi connectivity index (χ0) is 13.4. The first kappa shape index (κ1) is 11.5. The van der Waals surface area contributed by atoms with Crippen LogP contribution < -0.4 is 0 Å². The third-order valence-electron chi connectivity index (χ3n) is 3.05. The van der Waals surface area contributed by atoms with Crippen LogP contribution in [0.25, 0.3) is 22.7 Å². The van der Waals surface area contributed by atoms with Crippen molar-refractivity contribution in [3.63, 3.8) is 0 Å². The number of H-pyrrole nitrogens is 2. The summed E-state index contributed by atoms with van der Waals surface area (Å²) in [6.45, 7) is 2.06. The van der Waals surface area contributed by atoms with Crippen LogP contribution >= 0.6 is 0 Å². The summed E-state index contributed by atoms with van der Waals surface area (Å²) in [5.41, 5.74) is 3.09. The Balaban J connectivity index is 2.41. The number of nitrogens with one attached hydrogen (secondary N) is 2. The lowest BCUT2D eigenvalue weighted by molar-refractivity contribution is 0.748. The molecule has 3 aromatic heterocycles. The highest BCUT2D eigenvalue weighted by Gasteiger charge is 2.12. The second-order valence-electron chi connectivity index (χ2n) is 4.45. The first-order valence-corrected chi connectivity index (χ1v) is 5.93. The van der Waals surface area contributed by atoms with E-state index in [9.17, 15) is 0 Å². The number of rotatable bonds is 1. The van der Waals surface area contributed by atoms with Gasteiger partial charge in [-0.3, -0.25) is 9.78 Å². The van der Waals surface area contributed by atoms with Crippen LogP contribution in [0.4, 0.5) is 0 Å². The topological polar surface area (TPSA) is 80.1 Å². The maximum Gasteiger partial charge on any atom is 0.191 e. The van der Waals surface area contributed by atoms with Crippen molar-refractivity contribution in [3.05, 3.63) is 30.4 Å². The molecule has 0 fully saturated rings. The summed E-state index contributed by atoms with van der Waals surface area (Å²) in [5.74, 6) is 1.43. The van der Waals surface area contributed by atoms with Crippen molar-refractivity contribution in [2.24, 2.45) is 14.1 Å². The van der Waals surface area contributed by atoms with E-state index >= 15 is 0 Å². The smallest absolute Gasteiger partial charge is 0.191 e. The first-order chi connectivity index (χ1) is 9.16. The number of aromatic amines is 2. The van der Waals surface area contributed by atoms with Gasteiger partial charge in [-0.05, 0) is 18.6 Å². The Morgan fingerprint density at radius 1 is 1.26 bits per heavy atom. The van der Waals surface area contributed by atoms with Crippen molar-refractivity contribution in [2.75, 3.05) is 0 Å². The summed E-state index contributed by atoms with van der Waals surface area (Å²) in [6, 6.07) is 2.02. The molecule has 0 unspecified atom stereocenters. The fourth-order valence-corrected chi connectivity index (χ4v) is 2.18. The van der Waals surface area contributed by atoms with Crippen LogP contribution in [0.5, 0.6) is 0 Å². The number of fused-ring (bicyclic) bond motifs is 1. The van der Waals surface area contributed by atoms with E-state index in [2.05, 4.69) is 32.2 Å². The third-order valence-corrected chi connectivity index (χ3v) is 3.05. The molecule has 0 amide bonds.